The molecule has 1 aliphatic rings. The Bertz CT molecular complexity index is 1320. The molecule has 178 valence electrons. The largest absolute Gasteiger partial charge is 0.490 e. The first-order valence-corrected chi connectivity index (χ1v) is 11.1. The molecular formula is C26H21ClN2O6. The Morgan fingerprint density at radius 3 is 2.49 bits per heavy atom. The second-order valence-electron chi connectivity index (χ2n) is 7.54. The van der Waals surface area contributed by atoms with E-state index in [9.17, 15) is 14.4 Å². The third-order valence-corrected chi connectivity index (χ3v) is 5.35. The Hall–Kier alpha value is -4.30. The number of ether oxygens (including phenoxy) is 2. The fourth-order valence-electron chi connectivity index (χ4n) is 3.46. The van der Waals surface area contributed by atoms with Crippen molar-refractivity contribution in [1.82, 2.24) is 5.32 Å². The Kier molecular flexibility index (Phi) is 7.03. The normalized spacial score (nSPS) is 14.2. The van der Waals surface area contributed by atoms with Crippen LogP contribution in [0.4, 0.5) is 10.5 Å². The second kappa shape index (κ2) is 10.3. The highest BCUT2D eigenvalue weighted by atomic mass is 35.5. The summed E-state index contributed by atoms with van der Waals surface area (Å²) in [6.45, 7) is 2.44. The number of urea groups is 1. The Labute approximate surface area is 206 Å². The lowest BCUT2D eigenvalue weighted by molar-refractivity contribution is -0.113. The fraction of sp³-hybridized carbons (Fsp3) is 0.115. The van der Waals surface area contributed by atoms with E-state index in [4.69, 9.17) is 26.2 Å². The van der Waals surface area contributed by atoms with E-state index in [0.29, 0.717) is 34.4 Å². The molecule has 0 radical (unpaired) electrons. The molecule has 1 saturated heterocycles. The zero-order valence-electron chi connectivity index (χ0n) is 18.7. The van der Waals surface area contributed by atoms with Crippen molar-refractivity contribution < 1.29 is 29.0 Å². The molecule has 4 rings (SSSR count). The number of hydrogen-bond donors (Lipinski definition) is 2. The number of anilines is 1. The van der Waals surface area contributed by atoms with Crippen LogP contribution in [0.2, 0.25) is 5.02 Å². The molecular weight excluding hydrogens is 472 g/mol. The molecule has 0 saturated carbocycles. The smallest absolute Gasteiger partial charge is 0.335 e. The fourth-order valence-corrected chi connectivity index (χ4v) is 3.64. The monoisotopic (exact) mass is 492 g/mol. The van der Waals surface area contributed by atoms with Crippen molar-refractivity contribution in [2.45, 2.75) is 13.5 Å². The van der Waals surface area contributed by atoms with Crippen LogP contribution in [0, 0.1) is 0 Å². The number of rotatable bonds is 8. The SMILES string of the molecule is CCOc1cc(/C=C2/NC(=O)N(c3cccc(Cl)c3)C2=O)ccc1OCc1ccc(C(=O)O)cc1. The number of carboxylic acid groups (broad SMARTS) is 1. The highest BCUT2D eigenvalue weighted by molar-refractivity contribution is 6.32. The molecule has 0 unspecified atom stereocenters. The number of imide groups is 1. The van der Waals surface area contributed by atoms with Gasteiger partial charge in [0, 0.05) is 5.02 Å². The number of amides is 3. The highest BCUT2D eigenvalue weighted by Crippen LogP contribution is 2.31. The van der Waals surface area contributed by atoms with Crippen molar-refractivity contribution in [2.75, 3.05) is 11.5 Å². The average molecular weight is 493 g/mol. The van der Waals surface area contributed by atoms with Gasteiger partial charge in [-0.2, -0.15) is 0 Å². The summed E-state index contributed by atoms with van der Waals surface area (Å²) in [7, 11) is 0. The second-order valence-corrected chi connectivity index (χ2v) is 7.97. The number of carboxylic acids is 1. The molecule has 0 spiro atoms. The van der Waals surface area contributed by atoms with Crippen molar-refractivity contribution >= 4 is 41.3 Å². The van der Waals surface area contributed by atoms with Crippen LogP contribution >= 0.6 is 11.6 Å². The minimum absolute atomic E-state index is 0.115. The third-order valence-electron chi connectivity index (χ3n) is 5.12. The molecule has 8 nitrogen and oxygen atoms in total. The first kappa shape index (κ1) is 23.8. The number of halogens is 1. The van der Waals surface area contributed by atoms with E-state index in [1.165, 1.54) is 18.2 Å². The lowest BCUT2D eigenvalue weighted by Crippen LogP contribution is -2.30. The predicted molar refractivity (Wildman–Crippen MR) is 131 cm³/mol. The number of nitrogens with zero attached hydrogens (tertiary/aromatic N) is 1. The molecule has 1 heterocycles. The maximum atomic E-state index is 12.9. The van der Waals surface area contributed by atoms with E-state index in [0.717, 1.165) is 10.5 Å². The van der Waals surface area contributed by atoms with Crippen molar-refractivity contribution in [3.05, 3.63) is 94.1 Å². The summed E-state index contributed by atoms with van der Waals surface area (Å²) in [5.41, 5.74) is 2.11. The summed E-state index contributed by atoms with van der Waals surface area (Å²) in [6.07, 6.45) is 1.56. The van der Waals surface area contributed by atoms with E-state index in [1.807, 2.05) is 6.92 Å². The zero-order valence-corrected chi connectivity index (χ0v) is 19.4. The summed E-state index contributed by atoms with van der Waals surface area (Å²) in [4.78, 5) is 37.3. The maximum absolute atomic E-state index is 12.9. The van der Waals surface area contributed by atoms with Crippen LogP contribution in [0.1, 0.15) is 28.4 Å². The van der Waals surface area contributed by atoms with Gasteiger partial charge in [0.15, 0.2) is 11.5 Å². The molecule has 2 N–H and O–H groups in total. The Balaban J connectivity index is 1.52. The van der Waals surface area contributed by atoms with Crippen molar-refractivity contribution in [3.8, 4) is 11.5 Å². The molecule has 3 aromatic rings. The van der Waals surface area contributed by atoms with Gasteiger partial charge in [-0.15, -0.1) is 0 Å². The van der Waals surface area contributed by atoms with Crippen LogP contribution in [-0.2, 0) is 11.4 Å². The molecule has 0 bridgehead atoms. The average Bonchev–Trinajstić information content (AvgIpc) is 3.11. The van der Waals surface area contributed by atoms with E-state index >= 15 is 0 Å². The van der Waals surface area contributed by atoms with Gasteiger partial charge in [-0.05, 0) is 66.6 Å². The number of benzene rings is 3. The van der Waals surface area contributed by atoms with Crippen molar-refractivity contribution in [3.63, 3.8) is 0 Å². The Morgan fingerprint density at radius 1 is 1.03 bits per heavy atom. The van der Waals surface area contributed by atoms with E-state index in [-0.39, 0.29) is 17.9 Å². The van der Waals surface area contributed by atoms with Gasteiger partial charge >= 0.3 is 12.0 Å². The van der Waals surface area contributed by atoms with Gasteiger partial charge in [0.2, 0.25) is 0 Å². The molecule has 3 aromatic carbocycles. The molecule has 0 aliphatic carbocycles. The van der Waals surface area contributed by atoms with Gasteiger partial charge < -0.3 is 19.9 Å². The van der Waals surface area contributed by atoms with Crippen LogP contribution in [-0.4, -0.2) is 29.6 Å². The summed E-state index contributed by atoms with van der Waals surface area (Å²) < 4.78 is 11.6. The lowest BCUT2D eigenvalue weighted by atomic mass is 10.1. The van der Waals surface area contributed by atoms with Gasteiger partial charge in [-0.3, -0.25) is 4.79 Å². The van der Waals surface area contributed by atoms with Gasteiger partial charge in [-0.25, -0.2) is 14.5 Å². The molecule has 0 aromatic heterocycles. The zero-order chi connectivity index (χ0) is 24.9. The number of hydrogen-bond acceptors (Lipinski definition) is 5. The first-order valence-electron chi connectivity index (χ1n) is 10.7. The van der Waals surface area contributed by atoms with Gasteiger partial charge in [0.1, 0.15) is 12.3 Å². The van der Waals surface area contributed by atoms with Crippen molar-refractivity contribution in [1.29, 1.82) is 0 Å². The Morgan fingerprint density at radius 2 is 1.80 bits per heavy atom. The highest BCUT2D eigenvalue weighted by Gasteiger charge is 2.35. The molecule has 1 fully saturated rings. The topological polar surface area (TPSA) is 105 Å². The van der Waals surface area contributed by atoms with Crippen molar-refractivity contribution in [2.24, 2.45) is 0 Å². The summed E-state index contributed by atoms with van der Waals surface area (Å²) >= 11 is 6.00. The number of nitrogens with one attached hydrogen (secondary N) is 1. The molecule has 35 heavy (non-hydrogen) atoms. The van der Waals surface area contributed by atoms with Gasteiger partial charge in [0.25, 0.3) is 5.91 Å². The molecule has 0 atom stereocenters. The molecule has 9 heteroatoms. The number of aromatic carboxylic acids is 1. The van der Waals surface area contributed by atoms with Crippen LogP contribution in [0.3, 0.4) is 0 Å². The number of carbonyl (C=O) groups is 3. The van der Waals surface area contributed by atoms with Crippen LogP contribution < -0.4 is 19.7 Å². The summed E-state index contributed by atoms with van der Waals surface area (Å²) in [5, 5.41) is 12.0. The van der Waals surface area contributed by atoms with E-state index in [2.05, 4.69) is 5.32 Å². The first-order chi connectivity index (χ1) is 16.9. The minimum Gasteiger partial charge on any atom is -0.490 e. The minimum atomic E-state index is -0.992. The predicted octanol–water partition coefficient (Wildman–Crippen LogP) is 5.11. The third kappa shape index (κ3) is 5.44. The number of carbonyl (C=O) groups excluding carboxylic acids is 2. The van der Waals surface area contributed by atoms with Crippen LogP contribution in [0.25, 0.3) is 6.08 Å². The summed E-state index contributed by atoms with van der Waals surface area (Å²) in [6, 6.07) is 17.5. The maximum Gasteiger partial charge on any atom is 0.335 e. The standard InChI is InChI=1S/C26H21ClN2O6/c1-2-34-23-13-17(8-11-22(23)35-15-16-6-9-18(10-7-16)25(31)32)12-21-24(30)29(26(33)28-21)20-5-3-4-19(27)14-20/h3-14H,2,15H2,1H3,(H,28,33)(H,31,32)/b21-12+. The van der Waals surface area contributed by atoms with E-state index in [1.54, 1.807) is 54.6 Å². The quantitative estimate of drug-likeness (QED) is 0.334. The van der Waals surface area contributed by atoms with Crippen LogP contribution in [0.15, 0.2) is 72.4 Å². The van der Waals surface area contributed by atoms with E-state index < -0.39 is 17.9 Å². The van der Waals surface area contributed by atoms with Gasteiger partial charge in [0.05, 0.1) is 17.9 Å². The lowest BCUT2D eigenvalue weighted by Gasteiger charge is -2.13. The molecule has 1 aliphatic heterocycles. The molecule has 3 amide bonds. The van der Waals surface area contributed by atoms with Gasteiger partial charge in [-0.1, -0.05) is 35.9 Å². The van der Waals surface area contributed by atoms with Crippen LogP contribution in [0.5, 0.6) is 11.5 Å². The summed E-state index contributed by atoms with van der Waals surface area (Å²) in [5.74, 6) is -0.542.